The highest BCUT2D eigenvalue weighted by Crippen LogP contribution is 2.22. The van der Waals surface area contributed by atoms with E-state index in [1.54, 1.807) is 0 Å². The molecule has 0 atom stereocenters. The molecule has 1 aliphatic heterocycles. The molecule has 0 aliphatic carbocycles. The first-order valence-electron chi connectivity index (χ1n) is 5.98. The van der Waals surface area contributed by atoms with E-state index >= 15 is 0 Å². The number of rotatable bonds is 4. The smallest absolute Gasteiger partial charge is 0.301 e. The van der Waals surface area contributed by atoms with Gasteiger partial charge in [-0.3, -0.25) is 9.52 Å². The van der Waals surface area contributed by atoms with Gasteiger partial charge in [-0.2, -0.15) is 12.7 Å². The van der Waals surface area contributed by atoms with Crippen LogP contribution >= 0.6 is 11.6 Å². The van der Waals surface area contributed by atoms with Gasteiger partial charge in [-0.1, -0.05) is 11.6 Å². The van der Waals surface area contributed by atoms with Crippen molar-refractivity contribution in [1.82, 2.24) is 9.62 Å². The molecule has 1 heterocycles. The molecule has 20 heavy (non-hydrogen) atoms. The summed E-state index contributed by atoms with van der Waals surface area (Å²) < 4.78 is 28.1. The molecule has 0 saturated carbocycles. The number of piperazine rings is 1. The third kappa shape index (κ3) is 3.40. The van der Waals surface area contributed by atoms with Crippen LogP contribution in [0.3, 0.4) is 0 Å². The van der Waals surface area contributed by atoms with E-state index in [9.17, 15) is 13.2 Å². The van der Waals surface area contributed by atoms with E-state index in [2.05, 4.69) is 10.0 Å². The number of nitrogens with two attached hydrogens (primary N) is 1. The Hall–Kier alpha value is -1.35. The fourth-order valence-electron chi connectivity index (χ4n) is 1.88. The van der Waals surface area contributed by atoms with E-state index in [-0.39, 0.29) is 10.6 Å². The number of carbonyl (C=O) groups is 1. The topological polar surface area (TPSA) is 105 Å². The van der Waals surface area contributed by atoms with Gasteiger partial charge >= 0.3 is 10.2 Å². The summed E-state index contributed by atoms with van der Waals surface area (Å²) in [4.78, 5) is 11.0. The Labute approximate surface area is 122 Å². The number of anilines is 1. The number of hydrogen-bond donors (Lipinski definition) is 3. The lowest BCUT2D eigenvalue weighted by Crippen LogP contribution is -2.48. The van der Waals surface area contributed by atoms with Crippen LogP contribution in [-0.4, -0.2) is 44.8 Å². The number of halogens is 1. The number of nitrogens with one attached hydrogen (secondary N) is 2. The normalized spacial score (nSPS) is 16.9. The van der Waals surface area contributed by atoms with Crippen molar-refractivity contribution < 1.29 is 13.2 Å². The van der Waals surface area contributed by atoms with Crippen molar-refractivity contribution in [1.29, 1.82) is 0 Å². The van der Waals surface area contributed by atoms with E-state index in [4.69, 9.17) is 17.3 Å². The standard InChI is InChI=1S/C11H15ClN4O3S/c12-10-7-8(1-2-9(10)11(13)17)15-20(18,19)16-5-3-14-4-6-16/h1-2,7,14-15H,3-6H2,(H2,13,17). The van der Waals surface area contributed by atoms with Crippen molar-refractivity contribution in [3.63, 3.8) is 0 Å². The molecule has 1 aromatic carbocycles. The van der Waals surface area contributed by atoms with Crippen molar-refractivity contribution in [3.8, 4) is 0 Å². The molecular weight excluding hydrogens is 304 g/mol. The van der Waals surface area contributed by atoms with E-state index in [1.165, 1.54) is 22.5 Å². The van der Waals surface area contributed by atoms with Crippen LogP contribution in [-0.2, 0) is 10.2 Å². The highest BCUT2D eigenvalue weighted by molar-refractivity contribution is 7.90. The van der Waals surface area contributed by atoms with Crippen LogP contribution in [0.4, 0.5) is 5.69 Å². The minimum Gasteiger partial charge on any atom is -0.366 e. The van der Waals surface area contributed by atoms with Crippen LogP contribution in [0.5, 0.6) is 0 Å². The molecule has 0 bridgehead atoms. The highest BCUT2D eigenvalue weighted by atomic mass is 35.5. The van der Waals surface area contributed by atoms with Crippen LogP contribution in [0.15, 0.2) is 18.2 Å². The Morgan fingerprint density at radius 1 is 1.35 bits per heavy atom. The quantitative estimate of drug-likeness (QED) is 0.726. The molecule has 1 saturated heterocycles. The van der Waals surface area contributed by atoms with Crippen molar-refractivity contribution in [2.45, 2.75) is 0 Å². The molecule has 0 spiro atoms. The van der Waals surface area contributed by atoms with Gasteiger partial charge in [0.25, 0.3) is 0 Å². The Bertz CT molecular complexity index is 614. The van der Waals surface area contributed by atoms with E-state index in [0.29, 0.717) is 31.9 Å². The summed E-state index contributed by atoms with van der Waals surface area (Å²) in [6, 6.07) is 4.20. The zero-order valence-corrected chi connectivity index (χ0v) is 12.2. The predicted octanol–water partition coefficient (Wildman–Crippen LogP) is 0.000800. The number of nitrogens with zero attached hydrogens (tertiary/aromatic N) is 1. The van der Waals surface area contributed by atoms with Crippen LogP contribution in [0, 0.1) is 0 Å². The molecule has 7 nitrogen and oxygen atoms in total. The van der Waals surface area contributed by atoms with Crippen LogP contribution < -0.4 is 15.8 Å². The molecule has 1 fully saturated rings. The van der Waals surface area contributed by atoms with Crippen LogP contribution in [0.1, 0.15) is 10.4 Å². The van der Waals surface area contributed by atoms with Crippen molar-refractivity contribution >= 4 is 33.4 Å². The minimum absolute atomic E-state index is 0.109. The molecule has 4 N–H and O–H groups in total. The van der Waals surface area contributed by atoms with Gasteiger partial charge in [0.1, 0.15) is 0 Å². The number of benzene rings is 1. The lowest BCUT2D eigenvalue weighted by atomic mass is 10.2. The Morgan fingerprint density at radius 2 is 2.00 bits per heavy atom. The van der Waals surface area contributed by atoms with Gasteiger partial charge in [0.05, 0.1) is 16.3 Å². The second-order valence-corrected chi connectivity index (χ2v) is 6.39. The largest absolute Gasteiger partial charge is 0.366 e. The molecule has 0 aromatic heterocycles. The number of amides is 1. The lowest BCUT2D eigenvalue weighted by molar-refractivity contribution is 0.100. The third-order valence-electron chi connectivity index (χ3n) is 2.90. The Kier molecular flexibility index (Phi) is 4.48. The number of carbonyl (C=O) groups excluding carboxylic acids is 1. The Morgan fingerprint density at radius 3 is 2.55 bits per heavy atom. The van der Waals surface area contributed by atoms with Gasteiger partial charge in [-0.15, -0.1) is 0 Å². The van der Waals surface area contributed by atoms with Gasteiger partial charge in [-0.05, 0) is 18.2 Å². The monoisotopic (exact) mass is 318 g/mol. The molecule has 1 aromatic rings. The van der Waals surface area contributed by atoms with Gasteiger partial charge in [0, 0.05) is 26.2 Å². The maximum absolute atomic E-state index is 12.1. The van der Waals surface area contributed by atoms with Gasteiger partial charge in [0.2, 0.25) is 5.91 Å². The highest BCUT2D eigenvalue weighted by Gasteiger charge is 2.23. The summed E-state index contributed by atoms with van der Waals surface area (Å²) in [5.74, 6) is -0.661. The van der Waals surface area contributed by atoms with E-state index in [1.807, 2.05) is 0 Å². The zero-order chi connectivity index (χ0) is 14.8. The first-order valence-corrected chi connectivity index (χ1v) is 7.80. The molecule has 1 amide bonds. The van der Waals surface area contributed by atoms with Crippen molar-refractivity contribution in [2.75, 3.05) is 30.9 Å². The molecule has 0 radical (unpaired) electrons. The average Bonchev–Trinajstić information content (AvgIpc) is 2.39. The fourth-order valence-corrected chi connectivity index (χ4v) is 3.37. The lowest BCUT2D eigenvalue weighted by Gasteiger charge is -2.26. The molecule has 1 aliphatic rings. The van der Waals surface area contributed by atoms with Gasteiger partial charge in [0.15, 0.2) is 0 Å². The van der Waals surface area contributed by atoms with Crippen LogP contribution in [0.25, 0.3) is 0 Å². The van der Waals surface area contributed by atoms with E-state index in [0.717, 1.165) is 0 Å². The third-order valence-corrected chi connectivity index (χ3v) is 4.75. The summed E-state index contributed by atoms with van der Waals surface area (Å²) >= 11 is 5.88. The first-order chi connectivity index (χ1) is 9.40. The summed E-state index contributed by atoms with van der Waals surface area (Å²) in [5.41, 5.74) is 5.57. The summed E-state index contributed by atoms with van der Waals surface area (Å²) in [7, 11) is -3.62. The van der Waals surface area contributed by atoms with Crippen LogP contribution in [0.2, 0.25) is 5.02 Å². The van der Waals surface area contributed by atoms with Gasteiger partial charge in [-0.25, -0.2) is 0 Å². The van der Waals surface area contributed by atoms with Crippen molar-refractivity contribution in [3.05, 3.63) is 28.8 Å². The summed E-state index contributed by atoms with van der Waals surface area (Å²) in [6.45, 7) is 2.04. The molecule has 2 rings (SSSR count). The average molecular weight is 319 g/mol. The number of hydrogen-bond acceptors (Lipinski definition) is 4. The molecule has 0 unspecified atom stereocenters. The summed E-state index contributed by atoms with van der Waals surface area (Å²) in [5, 5.41) is 3.18. The maximum atomic E-state index is 12.1. The molecule has 9 heteroatoms. The van der Waals surface area contributed by atoms with Gasteiger partial charge < -0.3 is 11.1 Å². The minimum atomic E-state index is -3.62. The summed E-state index contributed by atoms with van der Waals surface area (Å²) in [6.07, 6.45) is 0. The predicted molar refractivity (Wildman–Crippen MR) is 77.0 cm³/mol. The maximum Gasteiger partial charge on any atom is 0.301 e. The SMILES string of the molecule is NC(=O)c1ccc(NS(=O)(=O)N2CCNCC2)cc1Cl. The molecule has 110 valence electrons. The molecular formula is C11H15ClN4O3S. The second-order valence-electron chi connectivity index (χ2n) is 4.32. The first kappa shape index (κ1) is 15.0. The number of primary amides is 1. The fraction of sp³-hybridized carbons (Fsp3) is 0.364. The van der Waals surface area contributed by atoms with E-state index < -0.39 is 16.1 Å². The zero-order valence-electron chi connectivity index (χ0n) is 10.6. The Balaban J connectivity index is 2.17. The van der Waals surface area contributed by atoms with Crippen molar-refractivity contribution in [2.24, 2.45) is 5.73 Å². The second kappa shape index (κ2) is 5.96.